The largest absolute Gasteiger partial charge is 0.339 e. The molecule has 1 aliphatic carbocycles. The lowest BCUT2D eigenvalue weighted by Gasteiger charge is -2.54. The topological polar surface area (TPSA) is 49.4 Å². The molecule has 4 nitrogen and oxygen atoms in total. The highest BCUT2D eigenvalue weighted by molar-refractivity contribution is 5.97. The van der Waals surface area contributed by atoms with Crippen molar-refractivity contribution in [3.63, 3.8) is 0 Å². The lowest BCUT2D eigenvalue weighted by atomic mass is 9.72. The molecule has 0 radical (unpaired) electrons. The minimum absolute atomic E-state index is 0.0369. The maximum atomic E-state index is 13.0. The second-order valence-corrected chi connectivity index (χ2v) is 6.17. The van der Waals surface area contributed by atoms with Crippen molar-refractivity contribution in [1.29, 1.82) is 0 Å². The Morgan fingerprint density at radius 3 is 2.43 bits per heavy atom. The summed E-state index contributed by atoms with van der Waals surface area (Å²) in [7, 11) is 0. The SMILES string of the molecule is CCC1(N2C(=O)C(c3ccccc3)NC(=O)C2C)CCC1. The van der Waals surface area contributed by atoms with Crippen molar-refractivity contribution in [2.24, 2.45) is 0 Å². The smallest absolute Gasteiger partial charge is 0.250 e. The zero-order valence-corrected chi connectivity index (χ0v) is 12.6. The van der Waals surface area contributed by atoms with Gasteiger partial charge in [-0.2, -0.15) is 0 Å². The predicted molar refractivity (Wildman–Crippen MR) is 80.5 cm³/mol. The maximum Gasteiger partial charge on any atom is 0.250 e. The van der Waals surface area contributed by atoms with Gasteiger partial charge in [0.15, 0.2) is 0 Å². The molecule has 2 fully saturated rings. The monoisotopic (exact) mass is 286 g/mol. The average Bonchev–Trinajstić information content (AvgIpc) is 2.46. The lowest BCUT2D eigenvalue weighted by Crippen LogP contribution is -2.68. The number of piperazine rings is 1. The molecule has 0 spiro atoms. The van der Waals surface area contributed by atoms with Crippen molar-refractivity contribution in [2.45, 2.75) is 57.2 Å². The predicted octanol–water partition coefficient (Wildman–Crippen LogP) is 2.41. The van der Waals surface area contributed by atoms with E-state index in [-0.39, 0.29) is 23.4 Å². The molecule has 1 saturated heterocycles. The van der Waals surface area contributed by atoms with Crippen molar-refractivity contribution >= 4 is 11.8 Å². The number of rotatable bonds is 3. The third kappa shape index (κ3) is 2.13. The van der Waals surface area contributed by atoms with Crippen LogP contribution in [-0.2, 0) is 9.59 Å². The molecule has 1 aliphatic heterocycles. The number of hydrogen-bond donors (Lipinski definition) is 1. The summed E-state index contributed by atoms with van der Waals surface area (Å²) in [5, 5.41) is 2.88. The van der Waals surface area contributed by atoms with Crippen LogP contribution in [0.2, 0.25) is 0 Å². The second kappa shape index (κ2) is 5.17. The molecule has 2 aliphatic rings. The lowest BCUT2D eigenvalue weighted by molar-refractivity contribution is -0.161. The van der Waals surface area contributed by atoms with Crippen LogP contribution >= 0.6 is 0 Å². The molecule has 2 amide bonds. The number of carbonyl (C=O) groups excluding carboxylic acids is 2. The number of benzene rings is 1. The Bertz CT molecular complexity index is 546. The van der Waals surface area contributed by atoms with Gasteiger partial charge in [0, 0.05) is 5.54 Å². The molecule has 2 atom stereocenters. The first-order chi connectivity index (χ1) is 10.1. The molecule has 1 heterocycles. The summed E-state index contributed by atoms with van der Waals surface area (Å²) in [6, 6.07) is 8.59. The van der Waals surface area contributed by atoms with Gasteiger partial charge in [0.2, 0.25) is 5.91 Å². The molecule has 0 bridgehead atoms. The Hall–Kier alpha value is -1.84. The molecule has 1 aromatic rings. The van der Waals surface area contributed by atoms with Gasteiger partial charge in [0.1, 0.15) is 12.1 Å². The fourth-order valence-electron chi connectivity index (χ4n) is 3.64. The number of hydrogen-bond acceptors (Lipinski definition) is 2. The highest BCUT2D eigenvalue weighted by Crippen LogP contribution is 2.43. The van der Waals surface area contributed by atoms with Crippen LogP contribution in [-0.4, -0.2) is 28.3 Å². The fraction of sp³-hybridized carbons (Fsp3) is 0.529. The molecule has 4 heteroatoms. The van der Waals surface area contributed by atoms with E-state index < -0.39 is 6.04 Å². The van der Waals surface area contributed by atoms with Gasteiger partial charge in [-0.1, -0.05) is 37.3 Å². The summed E-state index contributed by atoms with van der Waals surface area (Å²) in [4.78, 5) is 27.2. The third-order valence-corrected chi connectivity index (χ3v) is 5.12. The van der Waals surface area contributed by atoms with Crippen LogP contribution in [0.25, 0.3) is 0 Å². The van der Waals surface area contributed by atoms with Crippen molar-refractivity contribution < 1.29 is 9.59 Å². The molecule has 1 N–H and O–H groups in total. The Kier molecular flexibility index (Phi) is 3.47. The number of nitrogens with one attached hydrogen (secondary N) is 1. The molecule has 2 unspecified atom stereocenters. The van der Waals surface area contributed by atoms with E-state index in [2.05, 4.69) is 12.2 Å². The van der Waals surface area contributed by atoms with Crippen LogP contribution in [0.5, 0.6) is 0 Å². The van der Waals surface area contributed by atoms with Gasteiger partial charge in [-0.05, 0) is 38.2 Å². The van der Waals surface area contributed by atoms with E-state index in [1.54, 1.807) is 0 Å². The maximum absolute atomic E-state index is 13.0. The van der Waals surface area contributed by atoms with E-state index in [0.717, 1.165) is 31.2 Å². The van der Waals surface area contributed by atoms with Gasteiger partial charge >= 0.3 is 0 Å². The standard InChI is InChI=1S/C17H22N2O2/c1-3-17(10-7-11-17)19-12(2)15(20)18-14(16(19)21)13-8-5-4-6-9-13/h4-6,8-9,12,14H,3,7,10-11H2,1-2H3,(H,18,20). The van der Waals surface area contributed by atoms with Gasteiger partial charge in [-0.3, -0.25) is 9.59 Å². The van der Waals surface area contributed by atoms with Crippen molar-refractivity contribution in [3.05, 3.63) is 35.9 Å². The summed E-state index contributed by atoms with van der Waals surface area (Å²) in [5.74, 6) is -0.0157. The van der Waals surface area contributed by atoms with Crippen LogP contribution in [0.1, 0.15) is 51.1 Å². The summed E-state index contributed by atoms with van der Waals surface area (Å²) >= 11 is 0. The van der Waals surface area contributed by atoms with Crippen LogP contribution in [0.4, 0.5) is 0 Å². The van der Waals surface area contributed by atoms with Gasteiger partial charge in [0.25, 0.3) is 5.91 Å². The minimum Gasteiger partial charge on any atom is -0.339 e. The summed E-state index contributed by atoms with van der Waals surface area (Å²) in [6.45, 7) is 3.95. The second-order valence-electron chi connectivity index (χ2n) is 6.17. The molecule has 21 heavy (non-hydrogen) atoms. The molecular formula is C17H22N2O2. The van der Waals surface area contributed by atoms with E-state index in [0.29, 0.717) is 0 Å². The highest BCUT2D eigenvalue weighted by Gasteiger charge is 2.51. The van der Waals surface area contributed by atoms with Gasteiger partial charge in [0.05, 0.1) is 0 Å². The normalized spacial score (nSPS) is 28.0. The van der Waals surface area contributed by atoms with E-state index >= 15 is 0 Å². The molecular weight excluding hydrogens is 264 g/mol. The molecule has 3 rings (SSSR count). The minimum atomic E-state index is -0.543. The van der Waals surface area contributed by atoms with Crippen molar-refractivity contribution in [1.82, 2.24) is 10.2 Å². The van der Waals surface area contributed by atoms with Crippen molar-refractivity contribution in [2.75, 3.05) is 0 Å². The first-order valence-corrected chi connectivity index (χ1v) is 7.77. The fourth-order valence-corrected chi connectivity index (χ4v) is 3.64. The summed E-state index contributed by atoms with van der Waals surface area (Å²) < 4.78 is 0. The zero-order chi connectivity index (χ0) is 15.0. The summed E-state index contributed by atoms with van der Waals surface area (Å²) in [6.07, 6.45) is 4.07. The van der Waals surface area contributed by atoms with E-state index in [4.69, 9.17) is 0 Å². The average molecular weight is 286 g/mol. The number of carbonyl (C=O) groups is 2. The number of amides is 2. The van der Waals surface area contributed by atoms with Gasteiger partial charge in [-0.15, -0.1) is 0 Å². The quantitative estimate of drug-likeness (QED) is 0.927. The van der Waals surface area contributed by atoms with E-state index in [1.807, 2.05) is 42.2 Å². The third-order valence-electron chi connectivity index (χ3n) is 5.12. The molecule has 1 saturated carbocycles. The Morgan fingerprint density at radius 1 is 1.24 bits per heavy atom. The van der Waals surface area contributed by atoms with E-state index in [9.17, 15) is 9.59 Å². The summed E-state index contributed by atoms with van der Waals surface area (Å²) in [5.41, 5.74) is 0.750. The van der Waals surface area contributed by atoms with Crippen molar-refractivity contribution in [3.8, 4) is 0 Å². The van der Waals surface area contributed by atoms with Gasteiger partial charge in [-0.25, -0.2) is 0 Å². The molecule has 1 aromatic carbocycles. The van der Waals surface area contributed by atoms with Crippen LogP contribution in [0.3, 0.4) is 0 Å². The first-order valence-electron chi connectivity index (χ1n) is 7.77. The van der Waals surface area contributed by atoms with E-state index in [1.165, 1.54) is 0 Å². The zero-order valence-electron chi connectivity index (χ0n) is 12.6. The Morgan fingerprint density at radius 2 is 1.90 bits per heavy atom. The van der Waals surface area contributed by atoms with Crippen LogP contribution in [0.15, 0.2) is 30.3 Å². The number of nitrogens with zero attached hydrogens (tertiary/aromatic N) is 1. The Labute approximate surface area is 125 Å². The highest BCUT2D eigenvalue weighted by atomic mass is 16.2. The Balaban J connectivity index is 1.96. The van der Waals surface area contributed by atoms with Crippen LogP contribution < -0.4 is 5.32 Å². The van der Waals surface area contributed by atoms with Gasteiger partial charge < -0.3 is 10.2 Å². The van der Waals surface area contributed by atoms with Crippen LogP contribution in [0, 0.1) is 0 Å². The molecule has 112 valence electrons. The first kappa shape index (κ1) is 14.1. The molecule has 0 aromatic heterocycles.